The minimum atomic E-state index is -4.38. The van der Waals surface area contributed by atoms with E-state index >= 15 is 0 Å². The highest BCUT2D eigenvalue weighted by Crippen LogP contribution is 2.33. The Morgan fingerprint density at radius 2 is 1.74 bits per heavy atom. The Morgan fingerprint density at radius 3 is 2.35 bits per heavy atom. The van der Waals surface area contributed by atoms with Gasteiger partial charge in [-0.25, -0.2) is 5.84 Å². The molecule has 0 aliphatic heterocycles. The number of alkyl halides is 3. The fraction of sp³-hybridized carbons (Fsp3) is 0.222. The Labute approximate surface area is 134 Å². The standard InChI is InChI=1S/C18H19F3N2/c1-3-13-8-6-10-17(23(2)22)15(13)12-11-14-7-4-5-9-16(14)18(19,20)21/h4-12H,3,22H2,1-2H3/b12-11+. The van der Waals surface area contributed by atoms with E-state index in [0.717, 1.165) is 29.3 Å². The molecule has 0 heterocycles. The molecule has 0 fully saturated rings. The van der Waals surface area contributed by atoms with Crippen LogP contribution in [0.25, 0.3) is 12.2 Å². The van der Waals surface area contributed by atoms with Crippen molar-refractivity contribution in [3.8, 4) is 0 Å². The molecule has 2 aromatic carbocycles. The fourth-order valence-corrected chi connectivity index (χ4v) is 2.48. The average Bonchev–Trinajstić information content (AvgIpc) is 2.51. The van der Waals surface area contributed by atoms with Crippen molar-refractivity contribution in [2.75, 3.05) is 12.1 Å². The molecule has 2 aromatic rings. The third-order valence-electron chi connectivity index (χ3n) is 3.63. The second kappa shape index (κ2) is 6.87. The van der Waals surface area contributed by atoms with Gasteiger partial charge in [0.15, 0.2) is 0 Å². The third kappa shape index (κ3) is 3.93. The third-order valence-corrected chi connectivity index (χ3v) is 3.63. The van der Waals surface area contributed by atoms with Gasteiger partial charge in [0.25, 0.3) is 0 Å². The molecule has 2 nitrogen and oxygen atoms in total. The number of benzene rings is 2. The molecule has 0 atom stereocenters. The Hall–Kier alpha value is -2.27. The highest BCUT2D eigenvalue weighted by atomic mass is 19.4. The molecule has 0 aliphatic carbocycles. The molecule has 0 radical (unpaired) electrons. The van der Waals surface area contributed by atoms with Crippen molar-refractivity contribution in [2.24, 2.45) is 5.84 Å². The Morgan fingerprint density at radius 1 is 1.04 bits per heavy atom. The second-order valence-electron chi connectivity index (χ2n) is 5.23. The van der Waals surface area contributed by atoms with Crippen LogP contribution in [-0.4, -0.2) is 7.05 Å². The lowest BCUT2D eigenvalue weighted by Gasteiger charge is -2.18. The molecular weight excluding hydrogens is 301 g/mol. The summed E-state index contributed by atoms with van der Waals surface area (Å²) in [5.41, 5.74) is 2.12. The molecule has 2 rings (SSSR count). The summed E-state index contributed by atoms with van der Waals surface area (Å²) in [6.07, 6.45) is -0.423. The lowest BCUT2D eigenvalue weighted by atomic mass is 10.00. The minimum absolute atomic E-state index is 0.136. The Kier molecular flexibility index (Phi) is 5.11. The predicted molar refractivity (Wildman–Crippen MR) is 88.8 cm³/mol. The number of hydrogen-bond donors (Lipinski definition) is 1. The number of nitrogens with zero attached hydrogens (tertiary/aromatic N) is 1. The molecule has 0 aromatic heterocycles. The number of hydrogen-bond acceptors (Lipinski definition) is 2. The van der Waals surface area contributed by atoms with E-state index in [2.05, 4.69) is 0 Å². The van der Waals surface area contributed by atoms with Crippen LogP contribution in [0.1, 0.15) is 29.2 Å². The molecule has 0 amide bonds. The largest absolute Gasteiger partial charge is 0.416 e. The van der Waals surface area contributed by atoms with Crippen molar-refractivity contribution in [3.63, 3.8) is 0 Å². The molecule has 0 aliphatic rings. The van der Waals surface area contributed by atoms with Gasteiger partial charge in [-0.1, -0.05) is 49.4 Å². The van der Waals surface area contributed by atoms with Crippen molar-refractivity contribution in [1.82, 2.24) is 0 Å². The summed E-state index contributed by atoms with van der Waals surface area (Å²) in [5.74, 6) is 5.83. The van der Waals surface area contributed by atoms with Gasteiger partial charge in [-0.3, -0.25) is 0 Å². The summed E-state index contributed by atoms with van der Waals surface area (Å²) >= 11 is 0. The summed E-state index contributed by atoms with van der Waals surface area (Å²) in [7, 11) is 1.70. The van der Waals surface area contributed by atoms with Gasteiger partial charge in [-0.05, 0) is 29.7 Å². The Balaban J connectivity index is 2.50. The second-order valence-corrected chi connectivity index (χ2v) is 5.23. The molecular formula is C18H19F3N2. The molecule has 5 heteroatoms. The van der Waals surface area contributed by atoms with E-state index in [0.29, 0.717) is 0 Å². The van der Waals surface area contributed by atoms with Crippen molar-refractivity contribution in [2.45, 2.75) is 19.5 Å². The summed E-state index contributed by atoms with van der Waals surface area (Å²) < 4.78 is 39.2. The van der Waals surface area contributed by atoms with Gasteiger partial charge in [-0.15, -0.1) is 0 Å². The van der Waals surface area contributed by atoms with Crippen molar-refractivity contribution >= 4 is 17.8 Å². The predicted octanol–water partition coefficient (Wildman–Crippen LogP) is 4.75. The highest BCUT2D eigenvalue weighted by Gasteiger charge is 2.32. The van der Waals surface area contributed by atoms with Crippen LogP contribution in [0.2, 0.25) is 0 Å². The van der Waals surface area contributed by atoms with Gasteiger partial charge in [-0.2, -0.15) is 13.2 Å². The van der Waals surface area contributed by atoms with Crippen LogP contribution >= 0.6 is 0 Å². The van der Waals surface area contributed by atoms with E-state index < -0.39 is 11.7 Å². The molecule has 0 saturated heterocycles. The molecule has 0 spiro atoms. The summed E-state index contributed by atoms with van der Waals surface area (Å²) in [5, 5.41) is 1.47. The maximum Gasteiger partial charge on any atom is 0.416 e. The monoisotopic (exact) mass is 320 g/mol. The smallest absolute Gasteiger partial charge is 0.314 e. The quantitative estimate of drug-likeness (QED) is 0.500. The van der Waals surface area contributed by atoms with Crippen LogP contribution in [-0.2, 0) is 12.6 Å². The van der Waals surface area contributed by atoms with E-state index in [1.54, 1.807) is 19.2 Å². The van der Waals surface area contributed by atoms with E-state index in [9.17, 15) is 13.2 Å². The van der Waals surface area contributed by atoms with Crippen molar-refractivity contribution in [1.29, 1.82) is 0 Å². The molecule has 122 valence electrons. The zero-order valence-corrected chi connectivity index (χ0v) is 13.1. The number of aryl methyl sites for hydroxylation is 1. The number of nitrogens with two attached hydrogens (primary N) is 1. The van der Waals surface area contributed by atoms with Gasteiger partial charge in [0.2, 0.25) is 0 Å². The van der Waals surface area contributed by atoms with E-state index in [1.165, 1.54) is 23.2 Å². The maximum atomic E-state index is 13.1. The average molecular weight is 320 g/mol. The van der Waals surface area contributed by atoms with E-state index in [1.807, 2.05) is 25.1 Å². The zero-order chi connectivity index (χ0) is 17.0. The van der Waals surface area contributed by atoms with Gasteiger partial charge < -0.3 is 5.01 Å². The number of anilines is 1. The SMILES string of the molecule is CCc1cccc(N(C)N)c1/C=C/c1ccccc1C(F)(F)F. The van der Waals surface area contributed by atoms with Crippen LogP contribution in [0.3, 0.4) is 0 Å². The van der Waals surface area contributed by atoms with Crippen molar-refractivity contribution < 1.29 is 13.2 Å². The van der Waals surface area contributed by atoms with Crippen LogP contribution in [0, 0.1) is 0 Å². The van der Waals surface area contributed by atoms with Crippen LogP contribution < -0.4 is 10.9 Å². The first-order valence-corrected chi connectivity index (χ1v) is 7.29. The summed E-state index contributed by atoms with van der Waals surface area (Å²) in [6, 6.07) is 11.2. The van der Waals surface area contributed by atoms with Crippen molar-refractivity contribution in [3.05, 3.63) is 64.7 Å². The first kappa shape index (κ1) is 17.1. The first-order valence-electron chi connectivity index (χ1n) is 7.29. The molecule has 0 saturated carbocycles. The van der Waals surface area contributed by atoms with E-state index in [4.69, 9.17) is 5.84 Å². The van der Waals surface area contributed by atoms with Crippen LogP contribution in [0.4, 0.5) is 18.9 Å². The number of hydrazine groups is 1. The topological polar surface area (TPSA) is 29.3 Å². The molecule has 0 unspecified atom stereocenters. The Bertz CT molecular complexity index is 704. The highest BCUT2D eigenvalue weighted by molar-refractivity contribution is 5.79. The lowest BCUT2D eigenvalue weighted by molar-refractivity contribution is -0.137. The van der Waals surface area contributed by atoms with Crippen LogP contribution in [0.5, 0.6) is 0 Å². The fourth-order valence-electron chi connectivity index (χ4n) is 2.48. The lowest BCUT2D eigenvalue weighted by Crippen LogP contribution is -2.26. The number of rotatable bonds is 4. The number of halogens is 3. The molecule has 23 heavy (non-hydrogen) atoms. The molecule has 0 bridgehead atoms. The van der Waals surface area contributed by atoms with Gasteiger partial charge >= 0.3 is 6.18 Å². The van der Waals surface area contributed by atoms with Gasteiger partial charge in [0.05, 0.1) is 11.3 Å². The van der Waals surface area contributed by atoms with Gasteiger partial charge in [0, 0.05) is 12.6 Å². The normalized spacial score (nSPS) is 11.9. The van der Waals surface area contributed by atoms with Crippen LogP contribution in [0.15, 0.2) is 42.5 Å². The summed E-state index contributed by atoms with van der Waals surface area (Å²) in [4.78, 5) is 0. The summed E-state index contributed by atoms with van der Waals surface area (Å²) in [6.45, 7) is 2.00. The first-order chi connectivity index (χ1) is 10.8. The molecule has 2 N–H and O–H groups in total. The maximum absolute atomic E-state index is 13.1. The minimum Gasteiger partial charge on any atom is -0.314 e. The zero-order valence-electron chi connectivity index (χ0n) is 13.1. The van der Waals surface area contributed by atoms with Gasteiger partial charge in [0.1, 0.15) is 0 Å². The van der Waals surface area contributed by atoms with E-state index in [-0.39, 0.29) is 5.56 Å².